The van der Waals surface area contributed by atoms with Crippen molar-refractivity contribution in [3.05, 3.63) is 48.3 Å². The molecule has 0 fully saturated rings. The number of rotatable bonds is 2. The second-order valence-electron chi connectivity index (χ2n) is 4.02. The Labute approximate surface area is 109 Å². The van der Waals surface area contributed by atoms with Gasteiger partial charge in [-0.1, -0.05) is 18.2 Å². The first-order chi connectivity index (χ1) is 9.25. The average molecular weight is 253 g/mol. The van der Waals surface area contributed by atoms with Crippen molar-refractivity contribution >= 4 is 22.9 Å². The van der Waals surface area contributed by atoms with Crippen molar-refractivity contribution in [2.24, 2.45) is 7.05 Å². The molecule has 0 aliphatic carbocycles. The highest BCUT2D eigenvalue weighted by Gasteiger charge is 2.13. The van der Waals surface area contributed by atoms with Gasteiger partial charge in [0.25, 0.3) is 5.91 Å². The number of benzene rings is 1. The number of carbonyl (C=O) groups is 1. The second kappa shape index (κ2) is 4.49. The molecule has 0 radical (unpaired) electrons. The van der Waals surface area contributed by atoms with E-state index in [0.29, 0.717) is 22.5 Å². The van der Waals surface area contributed by atoms with Gasteiger partial charge in [0.05, 0.1) is 0 Å². The molecule has 19 heavy (non-hydrogen) atoms. The molecule has 0 saturated carbocycles. The van der Waals surface area contributed by atoms with Crippen LogP contribution in [-0.4, -0.2) is 25.7 Å². The van der Waals surface area contributed by atoms with Gasteiger partial charge in [-0.3, -0.25) is 4.79 Å². The van der Waals surface area contributed by atoms with E-state index in [-0.39, 0.29) is 5.91 Å². The van der Waals surface area contributed by atoms with Crippen LogP contribution in [-0.2, 0) is 7.05 Å². The molecule has 2 heterocycles. The van der Waals surface area contributed by atoms with Crippen molar-refractivity contribution in [2.45, 2.75) is 0 Å². The fourth-order valence-electron chi connectivity index (χ4n) is 1.83. The molecule has 0 aliphatic rings. The van der Waals surface area contributed by atoms with Gasteiger partial charge in [-0.15, -0.1) is 0 Å². The fraction of sp³-hybridized carbons (Fsp3) is 0.0769. The second-order valence-corrected chi connectivity index (χ2v) is 4.02. The van der Waals surface area contributed by atoms with Crippen molar-refractivity contribution in [1.82, 2.24) is 19.7 Å². The Kier molecular flexibility index (Phi) is 2.68. The molecule has 0 spiro atoms. The number of aromatic nitrogens is 4. The van der Waals surface area contributed by atoms with Crippen LogP contribution in [0.1, 0.15) is 10.4 Å². The first-order valence-corrected chi connectivity index (χ1v) is 5.76. The Hall–Kier alpha value is -2.76. The van der Waals surface area contributed by atoms with E-state index in [9.17, 15) is 4.79 Å². The van der Waals surface area contributed by atoms with Crippen LogP contribution in [0.5, 0.6) is 0 Å². The Morgan fingerprint density at radius 2 is 1.89 bits per heavy atom. The lowest BCUT2D eigenvalue weighted by atomic mass is 10.2. The molecule has 0 aliphatic heterocycles. The number of nitrogens with one attached hydrogen (secondary N) is 1. The van der Waals surface area contributed by atoms with Gasteiger partial charge in [0.2, 0.25) is 0 Å². The lowest BCUT2D eigenvalue weighted by Gasteiger charge is -2.01. The quantitative estimate of drug-likeness (QED) is 0.753. The highest BCUT2D eigenvalue weighted by Crippen LogP contribution is 2.17. The molecule has 6 heteroatoms. The summed E-state index contributed by atoms with van der Waals surface area (Å²) in [4.78, 5) is 20.4. The van der Waals surface area contributed by atoms with Crippen LogP contribution in [0.25, 0.3) is 11.2 Å². The number of hydrogen-bond acceptors (Lipinski definition) is 4. The minimum Gasteiger partial charge on any atom is -0.303 e. The van der Waals surface area contributed by atoms with E-state index >= 15 is 0 Å². The third kappa shape index (κ3) is 2.03. The molecule has 6 nitrogen and oxygen atoms in total. The van der Waals surface area contributed by atoms with Crippen LogP contribution in [0.4, 0.5) is 5.82 Å². The average Bonchev–Trinajstić information content (AvgIpc) is 2.77. The fourth-order valence-corrected chi connectivity index (χ4v) is 1.83. The number of fused-ring (bicyclic) bond motifs is 1. The molecule has 1 N–H and O–H groups in total. The summed E-state index contributed by atoms with van der Waals surface area (Å²) < 4.78 is 1.59. The Bertz CT molecular complexity index is 735. The van der Waals surface area contributed by atoms with Crippen molar-refractivity contribution in [3.63, 3.8) is 0 Å². The smallest absolute Gasteiger partial charge is 0.256 e. The molecule has 3 aromatic rings. The van der Waals surface area contributed by atoms with Crippen molar-refractivity contribution in [3.8, 4) is 0 Å². The van der Waals surface area contributed by atoms with Gasteiger partial charge in [-0.2, -0.15) is 5.10 Å². The number of nitrogens with zero attached hydrogens (tertiary/aromatic N) is 4. The minimum absolute atomic E-state index is 0.216. The standard InChI is InChI=1S/C13H11N5O/c1-18-12-10(14-7-8-15-12)11(17-18)16-13(19)9-5-3-2-4-6-9/h2-8H,1H3,(H,16,17,19). The van der Waals surface area contributed by atoms with Gasteiger partial charge in [-0.05, 0) is 12.1 Å². The van der Waals surface area contributed by atoms with Gasteiger partial charge in [0, 0.05) is 25.0 Å². The monoisotopic (exact) mass is 253 g/mol. The maximum absolute atomic E-state index is 12.1. The molecule has 3 rings (SSSR count). The topological polar surface area (TPSA) is 72.7 Å². The van der Waals surface area contributed by atoms with E-state index in [2.05, 4.69) is 20.4 Å². The van der Waals surface area contributed by atoms with Crippen molar-refractivity contribution in [1.29, 1.82) is 0 Å². The molecule has 0 atom stereocenters. The van der Waals surface area contributed by atoms with Crippen LogP contribution in [0.3, 0.4) is 0 Å². The van der Waals surface area contributed by atoms with Crippen molar-refractivity contribution in [2.75, 3.05) is 5.32 Å². The zero-order valence-corrected chi connectivity index (χ0v) is 10.2. The van der Waals surface area contributed by atoms with Crippen LogP contribution in [0.2, 0.25) is 0 Å². The molecule has 1 aromatic carbocycles. The normalized spacial score (nSPS) is 10.6. The van der Waals surface area contributed by atoms with Gasteiger partial charge in [-0.25, -0.2) is 14.6 Å². The maximum Gasteiger partial charge on any atom is 0.256 e. The summed E-state index contributed by atoms with van der Waals surface area (Å²) in [6, 6.07) is 8.97. The summed E-state index contributed by atoms with van der Waals surface area (Å²) in [6.07, 6.45) is 3.16. The van der Waals surface area contributed by atoms with Crippen LogP contribution in [0.15, 0.2) is 42.7 Å². The van der Waals surface area contributed by atoms with E-state index in [1.807, 2.05) is 18.2 Å². The molecule has 2 aromatic heterocycles. The van der Waals surface area contributed by atoms with Gasteiger partial charge in [0.1, 0.15) is 0 Å². The summed E-state index contributed by atoms with van der Waals surface area (Å²) in [6.45, 7) is 0. The lowest BCUT2D eigenvalue weighted by molar-refractivity contribution is 0.102. The molecular formula is C13H11N5O. The zero-order valence-electron chi connectivity index (χ0n) is 10.2. The Balaban J connectivity index is 1.96. The molecule has 1 amide bonds. The van der Waals surface area contributed by atoms with E-state index < -0.39 is 0 Å². The third-order valence-corrected chi connectivity index (χ3v) is 2.73. The third-order valence-electron chi connectivity index (χ3n) is 2.73. The van der Waals surface area contributed by atoms with E-state index in [4.69, 9.17) is 0 Å². The molecule has 0 bridgehead atoms. The minimum atomic E-state index is -0.216. The Morgan fingerprint density at radius 3 is 2.68 bits per heavy atom. The summed E-state index contributed by atoms with van der Waals surface area (Å²) >= 11 is 0. The van der Waals surface area contributed by atoms with E-state index in [1.54, 1.807) is 36.3 Å². The Morgan fingerprint density at radius 1 is 1.16 bits per heavy atom. The first kappa shape index (κ1) is 11.3. The summed E-state index contributed by atoms with van der Waals surface area (Å²) in [5.74, 6) is 0.200. The number of carbonyl (C=O) groups excluding carboxylic acids is 1. The first-order valence-electron chi connectivity index (χ1n) is 5.76. The highest BCUT2D eigenvalue weighted by atomic mass is 16.1. The number of aryl methyl sites for hydroxylation is 1. The van der Waals surface area contributed by atoms with Gasteiger partial charge in [0.15, 0.2) is 17.0 Å². The van der Waals surface area contributed by atoms with Crippen LogP contribution >= 0.6 is 0 Å². The molecule has 94 valence electrons. The summed E-state index contributed by atoms with van der Waals surface area (Å²) in [7, 11) is 1.76. The van der Waals surface area contributed by atoms with Gasteiger partial charge < -0.3 is 5.32 Å². The number of anilines is 1. The molecule has 0 unspecified atom stereocenters. The van der Waals surface area contributed by atoms with E-state index in [1.165, 1.54) is 0 Å². The number of hydrogen-bond donors (Lipinski definition) is 1. The maximum atomic E-state index is 12.1. The van der Waals surface area contributed by atoms with E-state index in [0.717, 1.165) is 0 Å². The molecule has 0 saturated heterocycles. The summed E-state index contributed by atoms with van der Waals surface area (Å²) in [5, 5.41) is 6.96. The summed E-state index contributed by atoms with van der Waals surface area (Å²) in [5.41, 5.74) is 1.78. The van der Waals surface area contributed by atoms with Gasteiger partial charge >= 0.3 is 0 Å². The zero-order chi connectivity index (χ0) is 13.2. The predicted molar refractivity (Wildman–Crippen MR) is 70.7 cm³/mol. The van der Waals surface area contributed by atoms with Crippen molar-refractivity contribution < 1.29 is 4.79 Å². The lowest BCUT2D eigenvalue weighted by Crippen LogP contribution is -2.12. The molecular weight excluding hydrogens is 242 g/mol. The van der Waals surface area contributed by atoms with Crippen LogP contribution < -0.4 is 5.32 Å². The SMILES string of the molecule is Cn1nc(NC(=O)c2ccccc2)c2nccnc21. The number of amides is 1. The highest BCUT2D eigenvalue weighted by molar-refractivity contribution is 6.06. The predicted octanol–water partition coefficient (Wildman–Crippen LogP) is 1.62. The largest absolute Gasteiger partial charge is 0.303 e. The van der Waals surface area contributed by atoms with Crippen LogP contribution in [0, 0.1) is 0 Å².